The number of hydrogen-bond donors (Lipinski definition) is 1. The average molecular weight is 549 g/mol. The summed E-state index contributed by atoms with van der Waals surface area (Å²) < 4.78 is 4.67. The van der Waals surface area contributed by atoms with Crippen molar-refractivity contribution in [3.05, 3.63) is 101 Å². The van der Waals surface area contributed by atoms with Crippen LogP contribution in [-0.2, 0) is 28.9 Å². The summed E-state index contributed by atoms with van der Waals surface area (Å²) >= 11 is 14.8. The third-order valence-corrected chi connectivity index (χ3v) is 9.11. The van der Waals surface area contributed by atoms with Gasteiger partial charge in [-0.05, 0) is 46.5 Å². The number of benzene rings is 3. The van der Waals surface area contributed by atoms with Crippen LogP contribution in [0, 0.1) is 11.8 Å². The molecule has 3 aromatic carbocycles. The van der Waals surface area contributed by atoms with Crippen molar-refractivity contribution in [2.24, 2.45) is 11.8 Å². The Morgan fingerprint density at radius 1 is 0.816 bits per heavy atom. The zero-order valence-corrected chi connectivity index (χ0v) is 21.8. The lowest BCUT2D eigenvalue weighted by molar-refractivity contribution is -0.140. The second kappa shape index (κ2) is 8.68. The largest absolute Gasteiger partial charge is 0.465 e. The lowest BCUT2D eigenvalue weighted by atomic mass is 9.54. The third-order valence-electron chi connectivity index (χ3n) is 7.83. The van der Waals surface area contributed by atoms with Crippen molar-refractivity contribution in [2.45, 2.75) is 16.2 Å². The molecular formula is C29H22Cl2N2O5. The highest BCUT2D eigenvalue weighted by Gasteiger charge is 2.72. The van der Waals surface area contributed by atoms with Crippen LogP contribution in [0.1, 0.15) is 39.0 Å². The minimum atomic E-state index is -1.25. The molecule has 38 heavy (non-hydrogen) atoms. The predicted octanol–water partition coefficient (Wildman–Crippen LogP) is 4.40. The number of amides is 3. The molecule has 4 aliphatic rings. The van der Waals surface area contributed by atoms with E-state index in [2.05, 4.69) is 10.1 Å². The molecule has 0 unspecified atom stereocenters. The lowest BCUT2D eigenvalue weighted by Gasteiger charge is -2.54. The molecule has 1 N–H and O–H groups in total. The number of methoxy groups -OCH3 is 1. The van der Waals surface area contributed by atoms with E-state index in [-0.39, 0.29) is 18.9 Å². The minimum Gasteiger partial charge on any atom is -0.465 e. The summed E-state index contributed by atoms with van der Waals surface area (Å²) in [4.78, 5) is 50.5. The van der Waals surface area contributed by atoms with Crippen molar-refractivity contribution in [1.29, 1.82) is 0 Å². The fourth-order valence-electron chi connectivity index (χ4n) is 6.19. The number of ether oxygens (including phenoxy) is 1. The van der Waals surface area contributed by atoms with E-state index in [0.717, 1.165) is 27.2 Å². The Hall–Kier alpha value is -3.68. The molecule has 1 aliphatic heterocycles. The van der Waals surface area contributed by atoms with Crippen LogP contribution in [0.15, 0.2) is 72.8 Å². The highest BCUT2D eigenvalue weighted by molar-refractivity contribution is 6.36. The molecule has 3 amide bonds. The van der Waals surface area contributed by atoms with Gasteiger partial charge >= 0.3 is 5.97 Å². The van der Waals surface area contributed by atoms with E-state index < -0.39 is 39.4 Å². The summed E-state index contributed by atoms with van der Waals surface area (Å²) in [7, 11) is 1.29. The van der Waals surface area contributed by atoms with Gasteiger partial charge in [0.25, 0.3) is 0 Å². The van der Waals surface area contributed by atoms with Crippen LogP contribution >= 0.6 is 23.2 Å². The number of halogens is 2. The number of esters is 1. The van der Waals surface area contributed by atoms with E-state index >= 15 is 0 Å². The number of imide groups is 1. The maximum absolute atomic E-state index is 13.8. The molecule has 1 fully saturated rings. The standard InChI is InChI=1S/C29H22Cl2N2O5/c1-38-27(37)16-10-12-17(13-11-16)32-22(34)14-15-33-25(35)23-24(26(33)36)29(31)19-7-3-2-6-18(19)28(23,30)20-8-4-5-9-21(20)29/h2-13,23-24H,14-15H2,1H3,(H,32,34)/t23-,24-,28?,29?/m0/s1. The SMILES string of the molecule is COC(=O)c1ccc(NC(=O)CCN2C(=O)[C@@H]3[C@@H](C2=O)C2(Cl)c4ccccc4C3(Cl)c3ccccc32)cc1. The number of anilines is 1. The number of alkyl halides is 2. The second-order valence-electron chi connectivity index (χ2n) is 9.67. The van der Waals surface area contributed by atoms with Gasteiger partial charge < -0.3 is 10.1 Å². The maximum Gasteiger partial charge on any atom is 0.337 e. The van der Waals surface area contributed by atoms with E-state index in [4.69, 9.17) is 23.2 Å². The Morgan fingerprint density at radius 3 is 1.68 bits per heavy atom. The van der Waals surface area contributed by atoms with E-state index in [9.17, 15) is 19.2 Å². The number of nitrogens with one attached hydrogen (secondary N) is 1. The Bertz CT molecular complexity index is 1400. The van der Waals surface area contributed by atoms with Crippen LogP contribution < -0.4 is 5.32 Å². The summed E-state index contributed by atoms with van der Waals surface area (Å²) in [6.07, 6.45) is -0.111. The van der Waals surface area contributed by atoms with Gasteiger partial charge in [0.15, 0.2) is 0 Å². The van der Waals surface area contributed by atoms with Crippen LogP contribution in [0.4, 0.5) is 5.69 Å². The van der Waals surface area contributed by atoms with Crippen molar-refractivity contribution in [2.75, 3.05) is 19.0 Å². The fraction of sp³-hybridized carbons (Fsp3) is 0.241. The third kappa shape index (κ3) is 3.21. The van der Waals surface area contributed by atoms with E-state index in [1.54, 1.807) is 12.1 Å². The second-order valence-corrected chi connectivity index (χ2v) is 10.9. The smallest absolute Gasteiger partial charge is 0.337 e. The van der Waals surface area contributed by atoms with E-state index in [1.807, 2.05) is 48.5 Å². The van der Waals surface area contributed by atoms with Crippen LogP contribution in [0.3, 0.4) is 0 Å². The van der Waals surface area contributed by atoms with Gasteiger partial charge in [0.1, 0.15) is 9.75 Å². The summed E-state index contributed by atoms with van der Waals surface area (Å²) in [6.45, 7) is -0.108. The normalized spacial score (nSPS) is 26.4. The Labute approximate surface area is 228 Å². The van der Waals surface area contributed by atoms with Gasteiger partial charge in [-0.2, -0.15) is 0 Å². The van der Waals surface area contributed by atoms with Crippen molar-refractivity contribution in [1.82, 2.24) is 4.90 Å². The monoisotopic (exact) mass is 548 g/mol. The summed E-state index contributed by atoms with van der Waals surface area (Å²) in [5.74, 6) is -3.52. The molecule has 1 heterocycles. The minimum absolute atomic E-state index is 0.108. The first-order chi connectivity index (χ1) is 18.2. The zero-order chi connectivity index (χ0) is 26.8. The zero-order valence-electron chi connectivity index (χ0n) is 20.2. The molecule has 0 spiro atoms. The molecule has 2 bridgehead atoms. The van der Waals surface area contributed by atoms with Gasteiger partial charge in [-0.3, -0.25) is 19.3 Å². The molecule has 2 atom stereocenters. The Morgan fingerprint density at radius 2 is 1.26 bits per heavy atom. The number of hydrogen-bond acceptors (Lipinski definition) is 5. The van der Waals surface area contributed by atoms with Crippen LogP contribution in [0.2, 0.25) is 0 Å². The predicted molar refractivity (Wildman–Crippen MR) is 141 cm³/mol. The molecule has 3 aliphatic carbocycles. The van der Waals surface area contributed by atoms with Crippen molar-refractivity contribution in [3.8, 4) is 0 Å². The van der Waals surface area contributed by atoms with Crippen molar-refractivity contribution >= 4 is 52.6 Å². The molecule has 192 valence electrons. The molecule has 1 saturated heterocycles. The first-order valence-corrected chi connectivity index (χ1v) is 12.9. The topological polar surface area (TPSA) is 92.8 Å². The van der Waals surface area contributed by atoms with Gasteiger partial charge in [0, 0.05) is 18.7 Å². The van der Waals surface area contributed by atoms with E-state index in [0.29, 0.717) is 11.3 Å². The molecule has 0 radical (unpaired) electrons. The van der Waals surface area contributed by atoms with Crippen molar-refractivity contribution in [3.63, 3.8) is 0 Å². The fourth-order valence-corrected chi connectivity index (χ4v) is 7.29. The number of carbonyl (C=O) groups excluding carboxylic acids is 4. The van der Waals surface area contributed by atoms with Gasteiger partial charge in [0.2, 0.25) is 17.7 Å². The van der Waals surface area contributed by atoms with Gasteiger partial charge in [-0.25, -0.2) is 4.79 Å². The first-order valence-electron chi connectivity index (χ1n) is 12.1. The number of nitrogens with zero attached hydrogens (tertiary/aromatic N) is 1. The molecule has 3 aromatic rings. The van der Waals surface area contributed by atoms with Gasteiger partial charge in [-0.1, -0.05) is 48.5 Å². The lowest BCUT2D eigenvalue weighted by Crippen LogP contribution is -2.57. The average Bonchev–Trinajstić information content (AvgIpc) is 3.20. The molecular weight excluding hydrogens is 527 g/mol. The Balaban J connectivity index is 1.27. The molecule has 9 heteroatoms. The van der Waals surface area contributed by atoms with Crippen LogP contribution in [-0.4, -0.2) is 42.2 Å². The van der Waals surface area contributed by atoms with Gasteiger partial charge in [-0.15, -0.1) is 23.2 Å². The summed E-state index contributed by atoms with van der Waals surface area (Å²) in [5.41, 5.74) is 3.74. The van der Waals surface area contributed by atoms with Crippen molar-refractivity contribution < 1.29 is 23.9 Å². The van der Waals surface area contributed by atoms with Gasteiger partial charge in [0.05, 0.1) is 24.5 Å². The first kappa shape index (κ1) is 24.6. The molecule has 7 nitrogen and oxygen atoms in total. The summed E-state index contributed by atoms with van der Waals surface area (Å²) in [6, 6.07) is 21.1. The number of likely N-dealkylation sites (tertiary alicyclic amines) is 1. The van der Waals surface area contributed by atoms with E-state index in [1.165, 1.54) is 19.2 Å². The Kier molecular flexibility index (Phi) is 5.63. The maximum atomic E-state index is 13.8. The quantitative estimate of drug-likeness (QED) is 0.290. The van der Waals surface area contributed by atoms with Crippen LogP contribution in [0.5, 0.6) is 0 Å². The summed E-state index contributed by atoms with van der Waals surface area (Å²) in [5, 5.41) is 2.72. The molecule has 0 aromatic heterocycles. The molecule has 0 saturated carbocycles. The van der Waals surface area contributed by atoms with Crippen LogP contribution in [0.25, 0.3) is 0 Å². The highest BCUT2D eigenvalue weighted by Crippen LogP contribution is 2.69. The molecule has 7 rings (SSSR count). The highest BCUT2D eigenvalue weighted by atomic mass is 35.5. The number of rotatable bonds is 5. The number of carbonyl (C=O) groups is 4.